The molecule has 0 aromatic carbocycles. The maximum absolute atomic E-state index is 12.7. The predicted molar refractivity (Wildman–Crippen MR) is 84.8 cm³/mol. The lowest BCUT2D eigenvalue weighted by molar-refractivity contribution is 0.0731. The Kier molecular flexibility index (Phi) is 5.31. The van der Waals surface area contributed by atoms with Crippen LogP contribution in [0.4, 0.5) is 0 Å². The van der Waals surface area contributed by atoms with Crippen LogP contribution in [-0.2, 0) is 6.42 Å². The van der Waals surface area contributed by atoms with E-state index in [0.29, 0.717) is 24.7 Å². The van der Waals surface area contributed by atoms with Crippen LogP contribution in [0.1, 0.15) is 54.4 Å². The fourth-order valence-corrected chi connectivity index (χ4v) is 2.35. The highest BCUT2D eigenvalue weighted by Crippen LogP contribution is 2.21. The lowest BCUT2D eigenvalue weighted by atomic mass is 10.1. The molecule has 5 nitrogen and oxygen atoms in total. The van der Waals surface area contributed by atoms with Gasteiger partial charge in [-0.2, -0.15) is 0 Å². The van der Waals surface area contributed by atoms with Gasteiger partial charge in [0.15, 0.2) is 5.89 Å². The summed E-state index contributed by atoms with van der Waals surface area (Å²) in [7, 11) is 0. The number of rotatable bonds is 6. The van der Waals surface area contributed by atoms with Crippen molar-refractivity contribution in [3.8, 4) is 0 Å². The zero-order valence-electron chi connectivity index (χ0n) is 13.7. The molecule has 2 aromatic rings. The van der Waals surface area contributed by atoms with E-state index in [4.69, 9.17) is 4.42 Å². The molecule has 0 aliphatic carbocycles. The van der Waals surface area contributed by atoms with Crippen molar-refractivity contribution >= 4 is 5.91 Å². The molecule has 1 amide bonds. The van der Waals surface area contributed by atoms with Crippen LogP contribution in [0.25, 0.3) is 0 Å². The second-order valence-electron chi connectivity index (χ2n) is 5.59. The van der Waals surface area contributed by atoms with Crippen molar-refractivity contribution < 1.29 is 9.21 Å². The number of aryl methyl sites for hydroxylation is 1. The molecule has 0 aliphatic heterocycles. The van der Waals surface area contributed by atoms with E-state index in [1.807, 2.05) is 32.9 Å². The molecule has 0 fully saturated rings. The highest BCUT2D eigenvalue weighted by Gasteiger charge is 2.24. The van der Waals surface area contributed by atoms with Gasteiger partial charge in [-0.1, -0.05) is 13.8 Å². The van der Waals surface area contributed by atoms with E-state index in [2.05, 4.69) is 9.97 Å². The summed E-state index contributed by atoms with van der Waals surface area (Å²) in [6, 6.07) is 3.94. The molecular weight excluding hydrogens is 278 g/mol. The second-order valence-corrected chi connectivity index (χ2v) is 5.59. The number of amides is 1. The van der Waals surface area contributed by atoms with Crippen molar-refractivity contribution in [3.63, 3.8) is 0 Å². The molecule has 2 aromatic heterocycles. The molecule has 0 saturated carbocycles. The third-order valence-electron chi connectivity index (χ3n) is 3.59. The maximum atomic E-state index is 12.7. The van der Waals surface area contributed by atoms with Crippen LogP contribution >= 0.6 is 0 Å². The lowest BCUT2D eigenvalue weighted by Crippen LogP contribution is -2.33. The minimum atomic E-state index is -0.0825. The standard InChI is InChI=1S/C17H23N3O2/c1-5-20(11-8-14-6-9-18-10-7-14)17(21)16-15(12(2)3)19-13(4)22-16/h6-7,9-10,12H,5,8,11H2,1-4H3. The molecular formula is C17H23N3O2. The lowest BCUT2D eigenvalue weighted by Gasteiger charge is -2.20. The number of likely N-dealkylation sites (N-methyl/N-ethyl adjacent to an activating group) is 1. The van der Waals surface area contributed by atoms with Crippen molar-refractivity contribution in [2.75, 3.05) is 13.1 Å². The molecule has 5 heteroatoms. The minimum absolute atomic E-state index is 0.0825. The topological polar surface area (TPSA) is 59.2 Å². The van der Waals surface area contributed by atoms with Crippen LogP contribution in [0.2, 0.25) is 0 Å². The number of hydrogen-bond acceptors (Lipinski definition) is 4. The first kappa shape index (κ1) is 16.2. The SMILES string of the molecule is CCN(CCc1ccncc1)C(=O)c1oc(C)nc1C(C)C. The van der Waals surface area contributed by atoms with Crippen LogP contribution in [0.5, 0.6) is 0 Å². The minimum Gasteiger partial charge on any atom is -0.436 e. The summed E-state index contributed by atoms with van der Waals surface area (Å²) >= 11 is 0. The van der Waals surface area contributed by atoms with Crippen molar-refractivity contribution in [3.05, 3.63) is 47.4 Å². The third kappa shape index (κ3) is 3.72. The number of aromatic nitrogens is 2. The Morgan fingerprint density at radius 1 is 1.32 bits per heavy atom. The summed E-state index contributed by atoms with van der Waals surface area (Å²) in [6.45, 7) is 9.07. The summed E-state index contributed by atoms with van der Waals surface area (Å²) < 4.78 is 5.56. The van der Waals surface area contributed by atoms with Gasteiger partial charge in [0.25, 0.3) is 5.91 Å². The van der Waals surface area contributed by atoms with Gasteiger partial charge in [-0.05, 0) is 37.0 Å². The first-order valence-corrected chi connectivity index (χ1v) is 7.68. The first-order valence-electron chi connectivity index (χ1n) is 7.68. The van der Waals surface area contributed by atoms with E-state index < -0.39 is 0 Å². The molecule has 0 bridgehead atoms. The molecule has 0 unspecified atom stereocenters. The van der Waals surface area contributed by atoms with Gasteiger partial charge in [-0.25, -0.2) is 4.98 Å². The molecule has 0 N–H and O–H groups in total. The summed E-state index contributed by atoms with van der Waals surface area (Å²) in [6.07, 6.45) is 4.33. The van der Waals surface area contributed by atoms with Crippen molar-refractivity contribution in [2.45, 2.75) is 40.0 Å². The quantitative estimate of drug-likeness (QED) is 0.822. The highest BCUT2D eigenvalue weighted by atomic mass is 16.4. The van der Waals surface area contributed by atoms with E-state index >= 15 is 0 Å². The molecule has 118 valence electrons. The van der Waals surface area contributed by atoms with E-state index in [0.717, 1.165) is 12.1 Å². The number of oxazole rings is 1. The largest absolute Gasteiger partial charge is 0.436 e. The number of pyridine rings is 1. The molecule has 0 aliphatic rings. The van der Waals surface area contributed by atoms with Gasteiger partial charge in [-0.3, -0.25) is 9.78 Å². The molecule has 0 atom stereocenters. The summed E-state index contributed by atoms with van der Waals surface area (Å²) in [5, 5.41) is 0. The van der Waals surface area contributed by atoms with Gasteiger partial charge >= 0.3 is 0 Å². The maximum Gasteiger partial charge on any atom is 0.291 e. The summed E-state index contributed by atoms with van der Waals surface area (Å²) in [5.41, 5.74) is 1.91. The van der Waals surface area contributed by atoms with E-state index in [9.17, 15) is 4.79 Å². The predicted octanol–water partition coefficient (Wildman–Crippen LogP) is 3.21. The zero-order chi connectivity index (χ0) is 16.1. The van der Waals surface area contributed by atoms with E-state index in [1.54, 1.807) is 24.2 Å². The first-order chi connectivity index (χ1) is 10.5. The number of carbonyl (C=O) groups excluding carboxylic acids is 1. The third-order valence-corrected chi connectivity index (χ3v) is 3.59. The highest BCUT2D eigenvalue weighted by molar-refractivity contribution is 5.92. The summed E-state index contributed by atoms with van der Waals surface area (Å²) in [4.78, 5) is 22.9. The second kappa shape index (κ2) is 7.20. The fourth-order valence-electron chi connectivity index (χ4n) is 2.35. The Hall–Kier alpha value is -2.17. The smallest absolute Gasteiger partial charge is 0.291 e. The number of carbonyl (C=O) groups is 1. The van der Waals surface area contributed by atoms with Crippen LogP contribution in [-0.4, -0.2) is 33.9 Å². The molecule has 0 radical (unpaired) electrons. The Morgan fingerprint density at radius 3 is 2.59 bits per heavy atom. The Balaban J connectivity index is 2.12. The van der Waals surface area contributed by atoms with E-state index in [-0.39, 0.29) is 11.8 Å². The molecule has 0 saturated heterocycles. The normalized spacial score (nSPS) is 11.0. The number of nitrogens with zero attached hydrogens (tertiary/aromatic N) is 3. The van der Waals surface area contributed by atoms with Gasteiger partial charge in [0.1, 0.15) is 0 Å². The average molecular weight is 301 g/mol. The van der Waals surface area contributed by atoms with Gasteiger partial charge in [0, 0.05) is 32.4 Å². The fraction of sp³-hybridized carbons (Fsp3) is 0.471. The van der Waals surface area contributed by atoms with Crippen molar-refractivity contribution in [2.24, 2.45) is 0 Å². The van der Waals surface area contributed by atoms with Gasteiger partial charge in [0.05, 0.1) is 5.69 Å². The molecule has 2 rings (SSSR count). The van der Waals surface area contributed by atoms with E-state index in [1.165, 1.54) is 5.56 Å². The van der Waals surface area contributed by atoms with Gasteiger partial charge in [-0.15, -0.1) is 0 Å². The molecule has 0 spiro atoms. The molecule has 22 heavy (non-hydrogen) atoms. The van der Waals surface area contributed by atoms with Crippen LogP contribution in [0, 0.1) is 6.92 Å². The van der Waals surface area contributed by atoms with Crippen molar-refractivity contribution in [1.82, 2.24) is 14.9 Å². The Morgan fingerprint density at radius 2 is 2.00 bits per heavy atom. The average Bonchev–Trinajstić information content (AvgIpc) is 2.91. The Labute approximate surface area is 131 Å². The molecule has 2 heterocycles. The van der Waals surface area contributed by atoms with Gasteiger partial charge in [0.2, 0.25) is 5.76 Å². The van der Waals surface area contributed by atoms with Crippen LogP contribution < -0.4 is 0 Å². The number of hydrogen-bond donors (Lipinski definition) is 0. The van der Waals surface area contributed by atoms with Crippen molar-refractivity contribution in [1.29, 1.82) is 0 Å². The monoisotopic (exact) mass is 301 g/mol. The zero-order valence-corrected chi connectivity index (χ0v) is 13.7. The van der Waals surface area contributed by atoms with Crippen LogP contribution in [0.15, 0.2) is 28.9 Å². The summed E-state index contributed by atoms with van der Waals surface area (Å²) in [5.74, 6) is 0.998. The van der Waals surface area contributed by atoms with Gasteiger partial charge < -0.3 is 9.32 Å². The Bertz CT molecular complexity index is 620. The van der Waals surface area contributed by atoms with Crippen LogP contribution in [0.3, 0.4) is 0 Å².